The fourth-order valence-corrected chi connectivity index (χ4v) is 5.01. The number of carbonyl (C=O) groups is 1. The standard InChI is InChI=1S/C29H21F2N5O4S/c1-36-11-10-34-28(36)19-13-17(41-24-5-3-2-4-18(24)27(33)38)7-9-22(19)39-26-20(30)15-35-29(25(26)31)40-23-12-16(14-32)6-8-21(23)37/h2-9,12-13,15,37H,10-11H2,1H3,(H2,33,38). The minimum absolute atomic E-state index is 0.106. The number of nitrogens with zero attached hydrogens (tertiary/aromatic N) is 4. The third-order valence-corrected chi connectivity index (χ3v) is 7.10. The van der Waals surface area contributed by atoms with E-state index in [0.717, 1.165) is 6.20 Å². The van der Waals surface area contributed by atoms with Gasteiger partial charge in [0.15, 0.2) is 17.3 Å². The molecule has 2 heterocycles. The lowest BCUT2D eigenvalue weighted by molar-refractivity contribution is 0.0997. The van der Waals surface area contributed by atoms with Crippen molar-refractivity contribution in [3.8, 4) is 34.9 Å². The van der Waals surface area contributed by atoms with Crippen LogP contribution in [0, 0.1) is 23.0 Å². The van der Waals surface area contributed by atoms with Crippen molar-refractivity contribution in [2.75, 3.05) is 20.1 Å². The number of ether oxygens (including phenoxy) is 2. The van der Waals surface area contributed by atoms with Crippen LogP contribution >= 0.6 is 11.8 Å². The van der Waals surface area contributed by atoms with Crippen molar-refractivity contribution in [3.63, 3.8) is 0 Å². The number of amides is 1. The van der Waals surface area contributed by atoms with Gasteiger partial charge in [-0.25, -0.2) is 9.37 Å². The van der Waals surface area contributed by atoms with Gasteiger partial charge >= 0.3 is 0 Å². The molecule has 12 heteroatoms. The highest BCUT2D eigenvalue weighted by Crippen LogP contribution is 2.39. The second-order valence-electron chi connectivity index (χ2n) is 8.80. The van der Waals surface area contributed by atoms with Crippen LogP contribution in [0.25, 0.3) is 0 Å². The Labute approximate surface area is 237 Å². The number of pyridine rings is 1. The molecule has 1 amide bonds. The first-order valence-electron chi connectivity index (χ1n) is 12.1. The Kier molecular flexibility index (Phi) is 7.71. The number of amidine groups is 1. The number of carbonyl (C=O) groups excluding carboxylic acids is 1. The lowest BCUT2D eigenvalue weighted by Crippen LogP contribution is -2.24. The molecule has 1 aliphatic heterocycles. The van der Waals surface area contributed by atoms with Crippen molar-refractivity contribution < 1.29 is 28.2 Å². The van der Waals surface area contributed by atoms with E-state index in [9.17, 15) is 14.3 Å². The summed E-state index contributed by atoms with van der Waals surface area (Å²) >= 11 is 1.29. The summed E-state index contributed by atoms with van der Waals surface area (Å²) in [6.07, 6.45) is 0.725. The second kappa shape index (κ2) is 11.5. The smallest absolute Gasteiger partial charge is 0.260 e. The zero-order valence-corrected chi connectivity index (χ0v) is 22.3. The van der Waals surface area contributed by atoms with E-state index in [-0.39, 0.29) is 22.8 Å². The Bertz CT molecular complexity index is 1740. The molecule has 5 rings (SSSR count). The maximum absolute atomic E-state index is 15.5. The number of halogens is 2. The van der Waals surface area contributed by atoms with E-state index >= 15 is 4.39 Å². The lowest BCUT2D eigenvalue weighted by Gasteiger charge is -2.19. The Morgan fingerprint density at radius 2 is 1.93 bits per heavy atom. The summed E-state index contributed by atoms with van der Waals surface area (Å²) < 4.78 is 41.5. The van der Waals surface area contributed by atoms with E-state index in [4.69, 9.17) is 20.5 Å². The minimum Gasteiger partial charge on any atom is -0.504 e. The van der Waals surface area contributed by atoms with Gasteiger partial charge in [-0.1, -0.05) is 23.9 Å². The van der Waals surface area contributed by atoms with Crippen LogP contribution in [0.3, 0.4) is 0 Å². The number of nitrogens with two attached hydrogens (primary N) is 1. The van der Waals surface area contributed by atoms with Crippen LogP contribution in [-0.4, -0.2) is 46.9 Å². The number of aromatic nitrogens is 1. The van der Waals surface area contributed by atoms with Gasteiger partial charge < -0.3 is 25.2 Å². The monoisotopic (exact) mass is 573 g/mol. The fraction of sp³-hybridized carbons (Fsp3) is 0.103. The Balaban J connectivity index is 1.52. The zero-order chi connectivity index (χ0) is 29.1. The largest absolute Gasteiger partial charge is 0.504 e. The van der Waals surface area contributed by atoms with E-state index in [2.05, 4.69) is 9.98 Å². The lowest BCUT2D eigenvalue weighted by atomic mass is 10.1. The second-order valence-corrected chi connectivity index (χ2v) is 9.92. The number of aliphatic imine (C=N–C) groups is 1. The van der Waals surface area contributed by atoms with Crippen LogP contribution in [0.4, 0.5) is 8.78 Å². The molecule has 3 N–H and O–H groups in total. The van der Waals surface area contributed by atoms with E-state index in [1.807, 2.05) is 18.0 Å². The molecule has 41 heavy (non-hydrogen) atoms. The molecule has 0 unspecified atom stereocenters. The number of nitriles is 1. The average Bonchev–Trinajstić information content (AvgIpc) is 3.39. The Hall–Kier alpha value is -5.15. The summed E-state index contributed by atoms with van der Waals surface area (Å²) in [4.78, 5) is 23.3. The van der Waals surface area contributed by atoms with E-state index < -0.39 is 29.2 Å². The molecule has 0 radical (unpaired) electrons. The first-order valence-corrected chi connectivity index (χ1v) is 13.0. The highest BCUT2D eigenvalue weighted by Gasteiger charge is 2.25. The summed E-state index contributed by atoms with van der Waals surface area (Å²) in [6.45, 7) is 1.16. The van der Waals surface area contributed by atoms with Crippen LogP contribution in [-0.2, 0) is 0 Å². The van der Waals surface area contributed by atoms with Crippen LogP contribution in [0.1, 0.15) is 21.5 Å². The number of hydrogen-bond donors (Lipinski definition) is 2. The number of hydrogen-bond acceptors (Lipinski definition) is 9. The number of phenols is 1. The molecule has 1 aromatic heterocycles. The first-order chi connectivity index (χ1) is 19.7. The minimum atomic E-state index is -1.26. The molecule has 1 aliphatic rings. The number of rotatable bonds is 8. The molecule has 0 saturated carbocycles. The van der Waals surface area contributed by atoms with Gasteiger partial charge in [-0.15, -0.1) is 0 Å². The Morgan fingerprint density at radius 1 is 1.12 bits per heavy atom. The molecule has 0 spiro atoms. The summed E-state index contributed by atoms with van der Waals surface area (Å²) in [7, 11) is 1.83. The fourth-order valence-electron chi connectivity index (χ4n) is 4.02. The highest BCUT2D eigenvalue weighted by molar-refractivity contribution is 7.99. The summed E-state index contributed by atoms with van der Waals surface area (Å²) in [6, 6.07) is 17.5. The van der Waals surface area contributed by atoms with Gasteiger partial charge in [0.2, 0.25) is 17.5 Å². The molecular formula is C29H21F2N5O4S. The van der Waals surface area contributed by atoms with Crippen molar-refractivity contribution in [1.82, 2.24) is 9.88 Å². The van der Waals surface area contributed by atoms with Gasteiger partial charge in [-0.2, -0.15) is 9.65 Å². The zero-order valence-electron chi connectivity index (χ0n) is 21.5. The highest BCUT2D eigenvalue weighted by atomic mass is 32.2. The maximum atomic E-state index is 15.5. The van der Waals surface area contributed by atoms with Crippen LogP contribution < -0.4 is 15.2 Å². The van der Waals surface area contributed by atoms with Crippen LogP contribution in [0.2, 0.25) is 0 Å². The summed E-state index contributed by atoms with van der Waals surface area (Å²) in [5.41, 5.74) is 6.50. The van der Waals surface area contributed by atoms with E-state index in [1.54, 1.807) is 42.5 Å². The van der Waals surface area contributed by atoms with E-state index in [0.29, 0.717) is 39.8 Å². The van der Waals surface area contributed by atoms with Crippen molar-refractivity contribution in [3.05, 3.63) is 95.2 Å². The van der Waals surface area contributed by atoms with Gasteiger partial charge in [0.25, 0.3) is 5.88 Å². The molecule has 0 saturated heterocycles. The van der Waals surface area contributed by atoms with Gasteiger partial charge in [-0.3, -0.25) is 9.79 Å². The van der Waals surface area contributed by atoms with Crippen molar-refractivity contribution in [2.45, 2.75) is 9.79 Å². The number of benzene rings is 3. The SMILES string of the molecule is CN1CCN=C1c1cc(Sc2ccccc2C(N)=O)ccc1Oc1c(F)cnc(Oc2cc(C#N)ccc2O)c1F. The number of aromatic hydroxyl groups is 1. The quantitative estimate of drug-likeness (QED) is 0.284. The molecule has 4 aromatic rings. The number of primary amides is 1. The van der Waals surface area contributed by atoms with Gasteiger partial charge in [0, 0.05) is 29.4 Å². The molecule has 9 nitrogen and oxygen atoms in total. The predicted octanol–water partition coefficient (Wildman–Crippen LogP) is 5.46. The molecule has 0 fully saturated rings. The number of phenolic OH excluding ortho intramolecular Hbond substituents is 1. The average molecular weight is 574 g/mol. The Morgan fingerprint density at radius 3 is 2.66 bits per heavy atom. The normalized spacial score (nSPS) is 12.5. The molecule has 0 atom stereocenters. The van der Waals surface area contributed by atoms with Gasteiger partial charge in [0.1, 0.15) is 11.6 Å². The summed E-state index contributed by atoms with van der Waals surface area (Å²) in [5.74, 6) is -4.32. The van der Waals surface area contributed by atoms with Gasteiger partial charge in [-0.05, 0) is 42.5 Å². The number of likely N-dealkylation sites (N-methyl/N-ethyl adjacent to an activating group) is 1. The third kappa shape index (κ3) is 5.75. The van der Waals surface area contributed by atoms with E-state index in [1.165, 1.54) is 30.0 Å². The van der Waals surface area contributed by atoms with Gasteiger partial charge in [0.05, 0.1) is 35.5 Å². The predicted molar refractivity (Wildman–Crippen MR) is 147 cm³/mol. The van der Waals surface area contributed by atoms with Crippen LogP contribution in [0.15, 0.2) is 81.6 Å². The molecule has 3 aromatic carbocycles. The van der Waals surface area contributed by atoms with Crippen molar-refractivity contribution in [1.29, 1.82) is 5.26 Å². The summed E-state index contributed by atoms with van der Waals surface area (Å²) in [5, 5.41) is 19.2. The molecule has 206 valence electrons. The van der Waals surface area contributed by atoms with Crippen molar-refractivity contribution in [2.24, 2.45) is 10.7 Å². The third-order valence-electron chi connectivity index (χ3n) is 6.04. The topological polar surface area (TPSA) is 134 Å². The first kappa shape index (κ1) is 27.4. The molecule has 0 bridgehead atoms. The van der Waals surface area contributed by atoms with Crippen LogP contribution in [0.5, 0.6) is 28.9 Å². The maximum Gasteiger partial charge on any atom is 0.260 e. The molecular weight excluding hydrogens is 552 g/mol. The molecule has 0 aliphatic carbocycles. The van der Waals surface area contributed by atoms with Crippen molar-refractivity contribution >= 4 is 23.5 Å².